The molecule has 0 radical (unpaired) electrons. The number of amides is 1. The normalized spacial score (nSPS) is 10.3. The Bertz CT molecular complexity index is 659. The number of pyridine rings is 1. The molecule has 92 valence electrons. The lowest BCUT2D eigenvalue weighted by Crippen LogP contribution is -2.20. The van der Waals surface area contributed by atoms with Crippen molar-refractivity contribution in [3.05, 3.63) is 44.7 Å². The van der Waals surface area contributed by atoms with Crippen molar-refractivity contribution in [2.45, 2.75) is 0 Å². The fourth-order valence-electron chi connectivity index (χ4n) is 1.54. The molecule has 0 saturated carbocycles. The Morgan fingerprint density at radius 3 is 2.78 bits per heavy atom. The van der Waals surface area contributed by atoms with Crippen molar-refractivity contribution in [2.24, 2.45) is 0 Å². The number of nitro groups is 1. The quantitative estimate of drug-likeness (QED) is 0.501. The highest BCUT2D eigenvalue weighted by atomic mass is 79.9. The highest BCUT2D eigenvalue weighted by Gasteiger charge is 2.16. The first-order valence-corrected chi connectivity index (χ1v) is 5.51. The molecule has 8 heteroatoms. The van der Waals surface area contributed by atoms with Crippen molar-refractivity contribution in [1.29, 1.82) is 0 Å². The minimum absolute atomic E-state index is 0.0839. The number of carbonyl (C=O) groups excluding carboxylic acids is 1. The van der Waals surface area contributed by atoms with Crippen LogP contribution < -0.4 is 5.48 Å². The molecule has 18 heavy (non-hydrogen) atoms. The van der Waals surface area contributed by atoms with Crippen molar-refractivity contribution in [1.82, 2.24) is 10.5 Å². The van der Waals surface area contributed by atoms with Crippen molar-refractivity contribution < 1.29 is 14.9 Å². The molecule has 2 N–H and O–H groups in total. The summed E-state index contributed by atoms with van der Waals surface area (Å²) in [5.74, 6) is -0.826. The lowest BCUT2D eigenvalue weighted by atomic mass is 10.1. The average molecular weight is 312 g/mol. The summed E-state index contributed by atoms with van der Waals surface area (Å²) in [5, 5.41) is 20.2. The molecule has 0 saturated heterocycles. The predicted molar refractivity (Wildman–Crippen MR) is 65.4 cm³/mol. The lowest BCUT2D eigenvalue weighted by molar-refractivity contribution is -0.384. The van der Waals surface area contributed by atoms with Crippen LogP contribution in [0.2, 0.25) is 0 Å². The average Bonchev–Trinajstić information content (AvgIpc) is 2.38. The van der Waals surface area contributed by atoms with Crippen LogP contribution in [0.3, 0.4) is 0 Å². The van der Waals surface area contributed by atoms with Gasteiger partial charge in [-0.1, -0.05) is 0 Å². The van der Waals surface area contributed by atoms with Crippen LogP contribution in [0.15, 0.2) is 28.9 Å². The van der Waals surface area contributed by atoms with Crippen LogP contribution in [0.4, 0.5) is 5.69 Å². The van der Waals surface area contributed by atoms with Gasteiger partial charge in [-0.3, -0.25) is 20.1 Å². The number of hydroxylamine groups is 1. The van der Waals surface area contributed by atoms with Gasteiger partial charge in [-0.2, -0.15) is 0 Å². The summed E-state index contributed by atoms with van der Waals surface area (Å²) < 4.78 is 0.599. The number of fused-ring (bicyclic) bond motifs is 1. The zero-order chi connectivity index (χ0) is 13.3. The third-order valence-electron chi connectivity index (χ3n) is 2.35. The second-order valence-corrected chi connectivity index (χ2v) is 4.24. The zero-order valence-corrected chi connectivity index (χ0v) is 10.3. The number of carbonyl (C=O) groups is 1. The van der Waals surface area contributed by atoms with Crippen LogP contribution in [0, 0.1) is 10.1 Å². The third kappa shape index (κ3) is 2.03. The van der Waals surface area contributed by atoms with Gasteiger partial charge in [0.1, 0.15) is 5.69 Å². The maximum atomic E-state index is 11.4. The van der Waals surface area contributed by atoms with E-state index in [1.54, 1.807) is 0 Å². The molecule has 1 aromatic carbocycles. The molecule has 1 amide bonds. The van der Waals surface area contributed by atoms with Crippen molar-refractivity contribution >= 4 is 38.3 Å². The Kier molecular flexibility index (Phi) is 3.21. The zero-order valence-electron chi connectivity index (χ0n) is 8.75. The van der Waals surface area contributed by atoms with Crippen LogP contribution >= 0.6 is 15.9 Å². The third-order valence-corrected chi connectivity index (χ3v) is 2.98. The second kappa shape index (κ2) is 4.67. The topological polar surface area (TPSA) is 105 Å². The highest BCUT2D eigenvalue weighted by molar-refractivity contribution is 9.10. The van der Waals surface area contributed by atoms with Gasteiger partial charge < -0.3 is 0 Å². The van der Waals surface area contributed by atoms with Gasteiger partial charge >= 0.3 is 0 Å². The predicted octanol–water partition coefficient (Wildman–Crippen LogP) is 2.02. The van der Waals surface area contributed by atoms with Crippen molar-refractivity contribution in [3.63, 3.8) is 0 Å². The van der Waals surface area contributed by atoms with E-state index in [-0.39, 0.29) is 16.8 Å². The molecule has 1 aromatic heterocycles. The lowest BCUT2D eigenvalue weighted by Gasteiger charge is -2.05. The first-order valence-electron chi connectivity index (χ1n) is 4.71. The summed E-state index contributed by atoms with van der Waals surface area (Å²) in [5.41, 5.74) is 1.21. The summed E-state index contributed by atoms with van der Waals surface area (Å²) in [6, 6.07) is 4.07. The fourth-order valence-corrected chi connectivity index (χ4v) is 1.99. The largest absolute Gasteiger partial charge is 0.293 e. The number of nitro benzene ring substituents is 1. The molecule has 2 aromatic rings. The van der Waals surface area contributed by atoms with E-state index in [0.717, 1.165) is 0 Å². The molecule has 0 aliphatic heterocycles. The summed E-state index contributed by atoms with van der Waals surface area (Å²) in [6.45, 7) is 0. The van der Waals surface area contributed by atoms with Crippen LogP contribution in [0.25, 0.3) is 10.8 Å². The van der Waals surface area contributed by atoms with Crippen LogP contribution in [-0.4, -0.2) is 21.0 Å². The van der Waals surface area contributed by atoms with E-state index < -0.39 is 10.8 Å². The van der Waals surface area contributed by atoms with Gasteiger partial charge in [0.05, 0.1) is 4.92 Å². The minimum Gasteiger partial charge on any atom is -0.288 e. The molecule has 0 aliphatic carbocycles. The van der Waals surface area contributed by atoms with Crippen LogP contribution in [-0.2, 0) is 0 Å². The molecular weight excluding hydrogens is 306 g/mol. The molecule has 0 bridgehead atoms. The first-order chi connectivity index (χ1) is 8.54. The smallest absolute Gasteiger partial charge is 0.288 e. The van der Waals surface area contributed by atoms with Gasteiger partial charge in [-0.15, -0.1) is 0 Å². The second-order valence-electron chi connectivity index (χ2n) is 3.38. The number of non-ortho nitro benzene ring substituents is 1. The number of halogens is 1. The standard InChI is InChI=1S/C10H6BrN3O4/c11-8-4-12-9(10(15)13-16)7-3-5(14(17)18)1-2-6(7)8/h1-4,16H,(H,13,15). The van der Waals surface area contributed by atoms with E-state index >= 15 is 0 Å². The molecule has 1 heterocycles. The molecule has 0 aliphatic rings. The number of rotatable bonds is 2. The monoisotopic (exact) mass is 311 g/mol. The number of benzene rings is 1. The summed E-state index contributed by atoms with van der Waals surface area (Å²) in [7, 11) is 0. The Morgan fingerprint density at radius 2 is 2.17 bits per heavy atom. The SMILES string of the molecule is O=C(NO)c1ncc(Br)c2ccc([N+](=O)[O-])cc12. The first kappa shape index (κ1) is 12.4. The number of nitrogens with zero attached hydrogens (tertiary/aromatic N) is 2. The number of hydrogen-bond donors (Lipinski definition) is 2. The molecule has 2 rings (SSSR count). The van der Waals surface area contributed by atoms with Gasteiger partial charge in [-0.25, -0.2) is 10.5 Å². The molecule has 0 atom stereocenters. The molecule has 0 unspecified atom stereocenters. The van der Waals surface area contributed by atoms with Gasteiger partial charge in [0.25, 0.3) is 11.6 Å². The van der Waals surface area contributed by atoms with E-state index in [9.17, 15) is 14.9 Å². The summed E-state index contributed by atoms with van der Waals surface area (Å²) in [6.07, 6.45) is 1.39. The Morgan fingerprint density at radius 1 is 1.44 bits per heavy atom. The summed E-state index contributed by atoms with van der Waals surface area (Å²) in [4.78, 5) is 25.4. The Hall–Kier alpha value is -2.06. The van der Waals surface area contributed by atoms with E-state index in [4.69, 9.17) is 5.21 Å². The van der Waals surface area contributed by atoms with Gasteiger partial charge in [0.15, 0.2) is 0 Å². The Labute approximate surface area is 109 Å². The molecule has 7 nitrogen and oxygen atoms in total. The maximum absolute atomic E-state index is 11.4. The highest BCUT2D eigenvalue weighted by Crippen LogP contribution is 2.28. The van der Waals surface area contributed by atoms with Gasteiger partial charge in [0.2, 0.25) is 0 Å². The Balaban J connectivity index is 2.79. The number of nitrogens with one attached hydrogen (secondary N) is 1. The van der Waals surface area contributed by atoms with Crippen molar-refractivity contribution in [3.8, 4) is 0 Å². The van der Waals surface area contributed by atoms with E-state index in [0.29, 0.717) is 9.86 Å². The minimum atomic E-state index is -0.826. The van der Waals surface area contributed by atoms with Crippen molar-refractivity contribution in [2.75, 3.05) is 0 Å². The van der Waals surface area contributed by atoms with E-state index in [1.165, 1.54) is 29.9 Å². The van der Waals surface area contributed by atoms with Crippen LogP contribution in [0.1, 0.15) is 10.5 Å². The number of hydrogen-bond acceptors (Lipinski definition) is 5. The summed E-state index contributed by atoms with van der Waals surface area (Å²) >= 11 is 3.24. The van der Waals surface area contributed by atoms with Gasteiger partial charge in [-0.05, 0) is 22.0 Å². The van der Waals surface area contributed by atoms with E-state index in [2.05, 4.69) is 20.9 Å². The van der Waals surface area contributed by atoms with Crippen LogP contribution in [0.5, 0.6) is 0 Å². The van der Waals surface area contributed by atoms with E-state index in [1.807, 2.05) is 0 Å². The molecular formula is C10H6BrN3O4. The molecule has 0 fully saturated rings. The maximum Gasteiger partial charge on any atom is 0.293 e. The fraction of sp³-hybridized carbons (Fsp3) is 0. The number of aromatic nitrogens is 1. The molecule has 0 spiro atoms. The van der Waals surface area contributed by atoms with Gasteiger partial charge in [0, 0.05) is 33.6 Å².